The van der Waals surface area contributed by atoms with Crippen molar-refractivity contribution in [2.45, 2.75) is 31.7 Å². The van der Waals surface area contributed by atoms with Gasteiger partial charge in [0.15, 0.2) is 6.54 Å². The van der Waals surface area contributed by atoms with Crippen LogP contribution in [0.2, 0.25) is 0 Å². The van der Waals surface area contributed by atoms with Gasteiger partial charge in [-0.15, -0.1) is 0 Å². The number of piperazine rings is 1. The van der Waals surface area contributed by atoms with Gasteiger partial charge in [0.05, 0.1) is 18.4 Å². The highest BCUT2D eigenvalue weighted by atomic mass is 16.2. The summed E-state index contributed by atoms with van der Waals surface area (Å²) in [5.41, 5.74) is 0. The predicted molar refractivity (Wildman–Crippen MR) is 99.1 cm³/mol. The van der Waals surface area contributed by atoms with E-state index in [1.165, 1.54) is 17.7 Å². The third-order valence-electron chi connectivity index (χ3n) is 5.52. The maximum absolute atomic E-state index is 12.5. The zero-order valence-corrected chi connectivity index (χ0v) is 15.2. The van der Waals surface area contributed by atoms with E-state index in [1.54, 1.807) is 6.20 Å². The van der Waals surface area contributed by atoms with Crippen LogP contribution in [0.1, 0.15) is 31.7 Å². The summed E-state index contributed by atoms with van der Waals surface area (Å²) in [6.45, 7) is 4.38. The second kappa shape index (κ2) is 7.86. The fourth-order valence-electron chi connectivity index (χ4n) is 4.09. The Labute approximate surface area is 154 Å². The molecule has 1 aliphatic heterocycles. The first-order chi connectivity index (χ1) is 12.8. The number of amides is 1. The van der Waals surface area contributed by atoms with Crippen LogP contribution >= 0.6 is 0 Å². The number of rotatable bonds is 5. The highest BCUT2D eigenvalue weighted by Crippen LogP contribution is 2.31. The third-order valence-corrected chi connectivity index (χ3v) is 5.52. The number of anilines is 2. The quantitative estimate of drug-likeness (QED) is 0.802. The summed E-state index contributed by atoms with van der Waals surface area (Å²) < 4.78 is 2.00. The number of pyridine rings is 1. The van der Waals surface area contributed by atoms with Crippen LogP contribution in [0, 0.1) is 0 Å². The summed E-state index contributed by atoms with van der Waals surface area (Å²) in [5, 5.41) is 7.51. The molecule has 1 saturated heterocycles. The van der Waals surface area contributed by atoms with Crippen molar-refractivity contribution in [2.75, 3.05) is 42.9 Å². The van der Waals surface area contributed by atoms with Crippen LogP contribution in [0.5, 0.6) is 0 Å². The first-order valence-corrected chi connectivity index (χ1v) is 9.68. The zero-order valence-electron chi connectivity index (χ0n) is 15.2. The number of carbonyl (C=O) groups is 1. The summed E-state index contributed by atoms with van der Waals surface area (Å²) >= 11 is 0. The number of nitrogens with one attached hydrogen (secondary N) is 3. The Morgan fingerprint density at radius 1 is 1.23 bits per heavy atom. The molecule has 7 nitrogen and oxygen atoms in total. The minimum Gasteiger partial charge on any atom is -0.321 e. The summed E-state index contributed by atoms with van der Waals surface area (Å²) in [6, 6.07) is 8.49. The van der Waals surface area contributed by atoms with Gasteiger partial charge in [-0.3, -0.25) is 9.69 Å². The van der Waals surface area contributed by atoms with Crippen LogP contribution in [-0.2, 0) is 4.79 Å². The van der Waals surface area contributed by atoms with E-state index >= 15 is 0 Å². The van der Waals surface area contributed by atoms with Gasteiger partial charge in [-0.25, -0.2) is 9.67 Å². The van der Waals surface area contributed by atoms with Crippen molar-refractivity contribution in [1.29, 1.82) is 0 Å². The van der Waals surface area contributed by atoms with Crippen LogP contribution in [0.4, 0.5) is 11.6 Å². The Balaban J connectivity index is 1.28. The Hall–Kier alpha value is -2.41. The number of hydrogen-bond acceptors (Lipinski definition) is 3. The summed E-state index contributed by atoms with van der Waals surface area (Å²) in [6.07, 6.45) is 8.57. The molecule has 0 unspecified atom stereocenters. The van der Waals surface area contributed by atoms with Crippen molar-refractivity contribution in [1.82, 2.24) is 9.78 Å². The molecule has 2 aliphatic rings. The second-order valence-electron chi connectivity index (χ2n) is 7.31. The van der Waals surface area contributed by atoms with Crippen LogP contribution in [0.25, 0.3) is 0 Å². The molecule has 138 valence electrons. The molecule has 2 aromatic rings. The second-order valence-corrected chi connectivity index (χ2v) is 7.31. The van der Waals surface area contributed by atoms with E-state index in [2.05, 4.69) is 26.4 Å². The van der Waals surface area contributed by atoms with Gasteiger partial charge in [-0.2, -0.15) is 5.10 Å². The van der Waals surface area contributed by atoms with Crippen LogP contribution < -0.4 is 20.1 Å². The molecule has 2 aromatic heterocycles. The number of quaternary nitrogens is 1. The molecule has 2 fully saturated rings. The molecule has 0 aromatic carbocycles. The number of aromatic amines is 1. The van der Waals surface area contributed by atoms with Crippen molar-refractivity contribution in [3.63, 3.8) is 0 Å². The van der Waals surface area contributed by atoms with Crippen molar-refractivity contribution in [3.8, 4) is 0 Å². The largest absolute Gasteiger partial charge is 0.321 e. The summed E-state index contributed by atoms with van der Waals surface area (Å²) in [5.74, 6) is 2.08. The summed E-state index contributed by atoms with van der Waals surface area (Å²) in [7, 11) is 0. The van der Waals surface area contributed by atoms with Crippen molar-refractivity contribution in [3.05, 3.63) is 36.7 Å². The van der Waals surface area contributed by atoms with Gasteiger partial charge in [0.1, 0.15) is 32.0 Å². The number of hydrogen-bond donors (Lipinski definition) is 2. The topological polar surface area (TPSA) is 68.7 Å². The lowest BCUT2D eigenvalue weighted by atomic mass is 10.2. The Kier molecular flexibility index (Phi) is 5.15. The van der Waals surface area contributed by atoms with Gasteiger partial charge >= 0.3 is 0 Å². The van der Waals surface area contributed by atoms with Crippen LogP contribution in [-0.4, -0.2) is 48.4 Å². The highest BCUT2D eigenvalue weighted by molar-refractivity contribution is 5.90. The van der Waals surface area contributed by atoms with E-state index in [4.69, 9.17) is 0 Å². The Morgan fingerprint density at radius 3 is 2.77 bits per heavy atom. The van der Waals surface area contributed by atoms with E-state index in [0.717, 1.165) is 50.7 Å². The standard InChI is InChI=1S/C19H26N6O/c26-19(22-18-8-10-21-25(18)16-5-1-2-6-16)15-23-11-13-24(14-12-23)17-7-3-4-9-20-17/h3-4,7-10,16H,1-2,5-6,11-15H2,(H,22,26)/p+2. The fourth-order valence-corrected chi connectivity index (χ4v) is 4.09. The lowest BCUT2D eigenvalue weighted by Crippen LogP contribution is -3.15. The number of H-pyrrole nitrogens is 1. The van der Waals surface area contributed by atoms with Gasteiger partial charge in [-0.1, -0.05) is 18.9 Å². The monoisotopic (exact) mass is 356 g/mol. The molecule has 4 rings (SSSR count). The summed E-state index contributed by atoms with van der Waals surface area (Å²) in [4.78, 5) is 19.5. The molecular weight excluding hydrogens is 328 g/mol. The maximum Gasteiger partial charge on any atom is 0.280 e. The van der Waals surface area contributed by atoms with E-state index < -0.39 is 0 Å². The maximum atomic E-state index is 12.5. The average Bonchev–Trinajstić information content (AvgIpc) is 3.34. The van der Waals surface area contributed by atoms with Crippen molar-refractivity contribution < 1.29 is 14.7 Å². The molecular formula is C19H28N6O+2. The molecule has 7 heteroatoms. The first-order valence-electron chi connectivity index (χ1n) is 9.68. The third kappa shape index (κ3) is 3.88. The molecule has 1 saturated carbocycles. The van der Waals surface area contributed by atoms with E-state index in [0.29, 0.717) is 12.6 Å². The molecule has 3 heterocycles. The fraction of sp³-hybridized carbons (Fsp3) is 0.526. The van der Waals surface area contributed by atoms with Gasteiger partial charge in [0.2, 0.25) is 0 Å². The number of nitrogens with zero attached hydrogens (tertiary/aromatic N) is 3. The van der Waals surface area contributed by atoms with Crippen LogP contribution in [0.3, 0.4) is 0 Å². The smallest absolute Gasteiger partial charge is 0.280 e. The van der Waals surface area contributed by atoms with E-state index in [9.17, 15) is 4.79 Å². The predicted octanol–water partition coefficient (Wildman–Crippen LogP) is 0.156. The molecule has 1 amide bonds. The number of carbonyl (C=O) groups excluding carboxylic acids is 1. The van der Waals surface area contributed by atoms with Gasteiger partial charge in [-0.05, 0) is 18.9 Å². The lowest BCUT2D eigenvalue weighted by molar-refractivity contribution is -0.892. The Morgan fingerprint density at radius 2 is 2.04 bits per heavy atom. The molecule has 3 N–H and O–H groups in total. The molecule has 1 aliphatic carbocycles. The van der Waals surface area contributed by atoms with Gasteiger partial charge in [0.25, 0.3) is 11.7 Å². The molecule has 26 heavy (non-hydrogen) atoms. The molecule has 0 bridgehead atoms. The normalized spacial score (nSPS) is 19.0. The number of aromatic nitrogens is 3. The lowest BCUT2D eigenvalue weighted by Gasteiger charge is -2.27. The molecule has 0 atom stereocenters. The van der Waals surface area contributed by atoms with Gasteiger partial charge < -0.3 is 10.2 Å². The molecule has 0 spiro atoms. The van der Waals surface area contributed by atoms with Crippen molar-refractivity contribution >= 4 is 17.5 Å². The minimum absolute atomic E-state index is 0.0828. The zero-order chi connectivity index (χ0) is 17.8. The van der Waals surface area contributed by atoms with E-state index in [1.807, 2.05) is 29.1 Å². The Bertz CT molecular complexity index is 717. The molecule has 0 radical (unpaired) electrons. The highest BCUT2D eigenvalue weighted by Gasteiger charge is 2.27. The van der Waals surface area contributed by atoms with Gasteiger partial charge in [0, 0.05) is 12.1 Å². The van der Waals surface area contributed by atoms with Crippen molar-refractivity contribution in [2.24, 2.45) is 0 Å². The average molecular weight is 356 g/mol. The first kappa shape index (κ1) is 17.0. The van der Waals surface area contributed by atoms with E-state index in [-0.39, 0.29) is 5.91 Å². The SMILES string of the molecule is O=C(C[NH+]1CCN(c2cccc[nH+]2)CC1)Nc1ccnn1C1CCCC1. The minimum atomic E-state index is 0.0828. The van der Waals surface area contributed by atoms with Crippen LogP contribution in [0.15, 0.2) is 36.7 Å².